The third-order valence-electron chi connectivity index (χ3n) is 5.28. The maximum absolute atomic E-state index is 12.0. The van der Waals surface area contributed by atoms with E-state index >= 15 is 0 Å². The average Bonchev–Trinajstić information content (AvgIpc) is 2.81. The molecule has 8 nitrogen and oxygen atoms in total. The Morgan fingerprint density at radius 3 is 1.69 bits per heavy atom. The van der Waals surface area contributed by atoms with E-state index in [4.69, 9.17) is 15.2 Å². The van der Waals surface area contributed by atoms with Crippen LogP contribution in [0.1, 0.15) is 97.3 Å². The fourth-order valence-electron chi connectivity index (χ4n) is 3.19. The molecule has 0 amide bonds. The molecule has 3 N–H and O–H groups in total. The molecule has 0 radical (unpaired) electrons. The number of ether oxygens (including phenoxy) is 2. The number of para-hydroxylation sites is 1. The monoisotopic (exact) mass is 515 g/mol. The fraction of sp³-hybridized carbons (Fsp3) is 0.692. The molecule has 202 valence electrons. The summed E-state index contributed by atoms with van der Waals surface area (Å²) in [7, 11) is -4.73. The van der Waals surface area contributed by atoms with E-state index in [9.17, 15) is 22.6 Å². The topological polar surface area (TPSA) is 133 Å². The first-order chi connectivity index (χ1) is 16.7. The van der Waals surface area contributed by atoms with Gasteiger partial charge >= 0.3 is 11.9 Å². The SMILES string of the molecule is CCCCCCCCOC(=O)CC(C(=O)OCCCCCCCC)S(=O)(=O)O.Nc1ccccc1. The largest absolute Gasteiger partial charge is 0.466 e. The van der Waals surface area contributed by atoms with Gasteiger partial charge in [0.05, 0.1) is 19.6 Å². The van der Waals surface area contributed by atoms with Gasteiger partial charge in [-0.2, -0.15) is 8.42 Å². The van der Waals surface area contributed by atoms with E-state index < -0.39 is 33.7 Å². The highest BCUT2D eigenvalue weighted by Gasteiger charge is 2.35. The van der Waals surface area contributed by atoms with Gasteiger partial charge in [-0.1, -0.05) is 96.3 Å². The first-order valence-corrected chi connectivity index (χ1v) is 14.3. The van der Waals surface area contributed by atoms with Crippen molar-refractivity contribution >= 4 is 27.7 Å². The number of esters is 2. The van der Waals surface area contributed by atoms with Crippen molar-refractivity contribution in [2.75, 3.05) is 18.9 Å². The number of hydrogen-bond acceptors (Lipinski definition) is 7. The van der Waals surface area contributed by atoms with Gasteiger partial charge in [0.1, 0.15) is 0 Å². The Labute approximate surface area is 211 Å². The normalized spacial score (nSPS) is 11.7. The summed E-state index contributed by atoms with van der Waals surface area (Å²) >= 11 is 0. The molecule has 0 aliphatic rings. The Hall–Kier alpha value is -2.13. The number of nitrogens with two attached hydrogens (primary N) is 1. The molecular formula is C26H45NO7S. The van der Waals surface area contributed by atoms with Crippen LogP contribution in [-0.2, 0) is 29.2 Å². The molecule has 0 saturated heterocycles. The molecule has 0 spiro atoms. The minimum absolute atomic E-state index is 0.0732. The van der Waals surface area contributed by atoms with Crippen LogP contribution in [0.4, 0.5) is 5.69 Å². The minimum Gasteiger partial charge on any atom is -0.466 e. The van der Waals surface area contributed by atoms with Crippen molar-refractivity contribution in [1.29, 1.82) is 0 Å². The molecule has 0 aliphatic heterocycles. The van der Waals surface area contributed by atoms with Crippen LogP contribution in [0.25, 0.3) is 0 Å². The number of carbonyl (C=O) groups excluding carboxylic acids is 2. The van der Waals surface area contributed by atoms with E-state index in [-0.39, 0.29) is 13.2 Å². The standard InChI is InChI=1S/C20H38O7S.C6H7N/c1-3-5-7-9-11-13-15-26-19(21)17-18(28(23,24)25)20(22)27-16-14-12-10-8-6-4-2;7-6-4-2-1-3-5-6/h18H,3-17H2,1-2H3,(H,23,24,25);1-5H,7H2. The lowest BCUT2D eigenvalue weighted by Crippen LogP contribution is -2.34. The van der Waals surface area contributed by atoms with Crippen LogP contribution < -0.4 is 5.73 Å². The molecular weight excluding hydrogens is 470 g/mol. The maximum atomic E-state index is 12.0. The van der Waals surface area contributed by atoms with Gasteiger partial charge in [0, 0.05) is 5.69 Å². The summed E-state index contributed by atoms with van der Waals surface area (Å²) in [5.74, 6) is -1.93. The second kappa shape index (κ2) is 21.2. The number of benzene rings is 1. The number of unbranched alkanes of at least 4 members (excludes halogenated alkanes) is 10. The number of carbonyl (C=O) groups is 2. The molecule has 9 heteroatoms. The average molecular weight is 516 g/mol. The predicted octanol–water partition coefficient (Wildman–Crippen LogP) is 5.71. The third-order valence-corrected chi connectivity index (χ3v) is 6.36. The second-order valence-corrected chi connectivity index (χ2v) is 10.1. The molecule has 0 aliphatic carbocycles. The molecule has 0 heterocycles. The van der Waals surface area contributed by atoms with Crippen LogP contribution in [0.3, 0.4) is 0 Å². The number of nitrogen functional groups attached to an aromatic ring is 1. The molecule has 0 aromatic heterocycles. The van der Waals surface area contributed by atoms with E-state index in [0.717, 1.165) is 63.5 Å². The van der Waals surface area contributed by atoms with Crippen LogP contribution in [-0.4, -0.2) is 43.4 Å². The molecule has 1 unspecified atom stereocenters. The van der Waals surface area contributed by atoms with Gasteiger partial charge in [-0.3, -0.25) is 14.1 Å². The summed E-state index contributed by atoms with van der Waals surface area (Å²) in [6.45, 7) is 4.50. The van der Waals surface area contributed by atoms with Crippen LogP contribution >= 0.6 is 0 Å². The van der Waals surface area contributed by atoms with Gasteiger partial charge in [-0.05, 0) is 25.0 Å². The lowest BCUT2D eigenvalue weighted by atomic mass is 10.1. The zero-order valence-electron chi connectivity index (χ0n) is 21.5. The molecule has 1 aromatic carbocycles. The van der Waals surface area contributed by atoms with Gasteiger partial charge in [0.15, 0.2) is 5.25 Å². The predicted molar refractivity (Wildman–Crippen MR) is 139 cm³/mol. The zero-order chi connectivity index (χ0) is 26.4. The van der Waals surface area contributed by atoms with Gasteiger partial charge in [-0.25, -0.2) is 0 Å². The Balaban J connectivity index is 0.00000140. The van der Waals surface area contributed by atoms with Gasteiger partial charge in [0.25, 0.3) is 10.1 Å². The quantitative estimate of drug-likeness (QED) is 0.110. The van der Waals surface area contributed by atoms with E-state index in [2.05, 4.69) is 13.8 Å². The van der Waals surface area contributed by atoms with Crippen LogP contribution in [0.15, 0.2) is 30.3 Å². The highest BCUT2D eigenvalue weighted by Crippen LogP contribution is 2.11. The summed E-state index contributed by atoms with van der Waals surface area (Å²) in [4.78, 5) is 23.8. The summed E-state index contributed by atoms with van der Waals surface area (Å²) in [6.07, 6.45) is 11.3. The summed E-state index contributed by atoms with van der Waals surface area (Å²) < 4.78 is 42.0. The highest BCUT2D eigenvalue weighted by atomic mass is 32.2. The van der Waals surface area contributed by atoms with Gasteiger partial charge in [-0.15, -0.1) is 0 Å². The third kappa shape index (κ3) is 19.8. The van der Waals surface area contributed by atoms with Crippen molar-refractivity contribution in [3.05, 3.63) is 30.3 Å². The van der Waals surface area contributed by atoms with Crippen LogP contribution in [0.5, 0.6) is 0 Å². The summed E-state index contributed by atoms with van der Waals surface area (Å²) in [6, 6.07) is 9.49. The smallest absolute Gasteiger partial charge is 0.327 e. The van der Waals surface area contributed by atoms with Crippen molar-refractivity contribution in [1.82, 2.24) is 0 Å². The second-order valence-electron chi connectivity index (χ2n) is 8.54. The zero-order valence-corrected chi connectivity index (χ0v) is 22.3. The lowest BCUT2D eigenvalue weighted by Gasteiger charge is -2.13. The lowest BCUT2D eigenvalue weighted by molar-refractivity contribution is -0.150. The molecule has 1 rings (SSSR count). The van der Waals surface area contributed by atoms with E-state index in [0.29, 0.717) is 12.8 Å². The maximum Gasteiger partial charge on any atom is 0.327 e. The molecule has 0 saturated carbocycles. The number of anilines is 1. The van der Waals surface area contributed by atoms with Crippen molar-refractivity contribution in [2.24, 2.45) is 0 Å². The Kier molecular flexibility index (Phi) is 19.9. The summed E-state index contributed by atoms with van der Waals surface area (Å²) in [5, 5.41) is -1.93. The Morgan fingerprint density at radius 2 is 1.26 bits per heavy atom. The van der Waals surface area contributed by atoms with Crippen LogP contribution in [0, 0.1) is 0 Å². The Morgan fingerprint density at radius 1 is 0.800 bits per heavy atom. The van der Waals surface area contributed by atoms with Crippen molar-refractivity contribution < 1.29 is 32.0 Å². The van der Waals surface area contributed by atoms with E-state index in [1.807, 2.05) is 30.3 Å². The molecule has 35 heavy (non-hydrogen) atoms. The van der Waals surface area contributed by atoms with Crippen molar-refractivity contribution in [3.8, 4) is 0 Å². The molecule has 1 atom stereocenters. The number of rotatable bonds is 18. The van der Waals surface area contributed by atoms with Gasteiger partial charge in [0.2, 0.25) is 0 Å². The van der Waals surface area contributed by atoms with Gasteiger partial charge < -0.3 is 15.2 Å². The number of hydrogen-bond donors (Lipinski definition) is 2. The first-order valence-electron chi connectivity index (χ1n) is 12.8. The molecule has 1 aromatic rings. The van der Waals surface area contributed by atoms with Crippen molar-refractivity contribution in [3.63, 3.8) is 0 Å². The first kappa shape index (κ1) is 32.9. The molecule has 0 fully saturated rings. The Bertz CT molecular complexity index is 769. The highest BCUT2D eigenvalue weighted by molar-refractivity contribution is 7.87. The summed E-state index contributed by atoms with van der Waals surface area (Å²) in [5.41, 5.74) is 6.18. The molecule has 0 bridgehead atoms. The van der Waals surface area contributed by atoms with E-state index in [1.165, 1.54) is 6.42 Å². The van der Waals surface area contributed by atoms with E-state index in [1.54, 1.807) is 0 Å². The van der Waals surface area contributed by atoms with Crippen LogP contribution in [0.2, 0.25) is 0 Å². The fourth-order valence-corrected chi connectivity index (χ4v) is 3.85. The minimum atomic E-state index is -4.73. The van der Waals surface area contributed by atoms with Crippen molar-refractivity contribution in [2.45, 2.75) is 103 Å².